The maximum absolute atomic E-state index is 12.1. The predicted molar refractivity (Wildman–Crippen MR) is 94.1 cm³/mol. The van der Waals surface area contributed by atoms with Gasteiger partial charge < -0.3 is 9.47 Å². The van der Waals surface area contributed by atoms with Crippen molar-refractivity contribution in [3.8, 4) is 11.5 Å². The number of hydrogen-bond donors (Lipinski definition) is 2. The van der Waals surface area contributed by atoms with Crippen LogP contribution in [0.1, 0.15) is 15.9 Å². The van der Waals surface area contributed by atoms with E-state index >= 15 is 0 Å². The predicted octanol–water partition coefficient (Wildman–Crippen LogP) is 1.66. The highest BCUT2D eigenvalue weighted by Gasteiger charge is 2.27. The molecule has 0 radical (unpaired) electrons. The van der Waals surface area contributed by atoms with Crippen molar-refractivity contribution < 1.29 is 28.7 Å². The van der Waals surface area contributed by atoms with Gasteiger partial charge in [0.15, 0.2) is 0 Å². The van der Waals surface area contributed by atoms with Crippen LogP contribution in [0, 0.1) is 0 Å². The molecule has 2 aromatic rings. The highest BCUT2D eigenvalue weighted by molar-refractivity contribution is 6.31. The molecular formula is C19H14N2O6. The summed E-state index contributed by atoms with van der Waals surface area (Å²) in [6.07, 6.45) is 1.33. The number of barbiturate groups is 1. The molecule has 1 aliphatic heterocycles. The molecule has 27 heavy (non-hydrogen) atoms. The van der Waals surface area contributed by atoms with Crippen LogP contribution in [0.5, 0.6) is 11.5 Å². The zero-order valence-corrected chi connectivity index (χ0v) is 14.1. The summed E-state index contributed by atoms with van der Waals surface area (Å²) in [5, 5.41) is 3.97. The molecule has 3 rings (SSSR count). The molecule has 0 spiro atoms. The Morgan fingerprint density at radius 3 is 1.96 bits per heavy atom. The topological polar surface area (TPSA) is 111 Å². The van der Waals surface area contributed by atoms with Crippen molar-refractivity contribution in [2.45, 2.75) is 0 Å². The van der Waals surface area contributed by atoms with E-state index in [4.69, 9.17) is 9.47 Å². The Morgan fingerprint density at radius 1 is 0.852 bits per heavy atom. The van der Waals surface area contributed by atoms with Gasteiger partial charge >= 0.3 is 12.0 Å². The molecule has 1 heterocycles. The van der Waals surface area contributed by atoms with Crippen molar-refractivity contribution in [2.24, 2.45) is 0 Å². The number of benzene rings is 2. The van der Waals surface area contributed by atoms with E-state index in [1.54, 1.807) is 36.4 Å². The zero-order valence-electron chi connectivity index (χ0n) is 14.1. The van der Waals surface area contributed by atoms with Crippen LogP contribution in [0.3, 0.4) is 0 Å². The van der Waals surface area contributed by atoms with Gasteiger partial charge in [0.05, 0.1) is 12.7 Å². The fraction of sp³-hybridized carbons (Fsp3) is 0.0526. The van der Waals surface area contributed by atoms with Crippen LogP contribution in [0.2, 0.25) is 0 Å². The third-order valence-corrected chi connectivity index (χ3v) is 3.67. The lowest BCUT2D eigenvalue weighted by Crippen LogP contribution is -2.51. The Labute approximate surface area is 153 Å². The minimum absolute atomic E-state index is 0.197. The lowest BCUT2D eigenvalue weighted by molar-refractivity contribution is -0.123. The number of methoxy groups -OCH3 is 1. The van der Waals surface area contributed by atoms with Crippen molar-refractivity contribution in [1.29, 1.82) is 0 Å². The molecule has 1 saturated heterocycles. The first-order valence-corrected chi connectivity index (χ1v) is 7.81. The van der Waals surface area contributed by atoms with Crippen molar-refractivity contribution in [3.63, 3.8) is 0 Å². The maximum atomic E-state index is 12.1. The molecule has 1 fully saturated rings. The van der Waals surface area contributed by atoms with Gasteiger partial charge in [-0.3, -0.25) is 20.2 Å². The van der Waals surface area contributed by atoms with Crippen molar-refractivity contribution in [2.75, 3.05) is 7.11 Å². The van der Waals surface area contributed by atoms with Crippen LogP contribution in [0.4, 0.5) is 4.79 Å². The fourth-order valence-electron chi connectivity index (χ4n) is 2.30. The molecular weight excluding hydrogens is 352 g/mol. The third-order valence-electron chi connectivity index (χ3n) is 3.67. The standard InChI is InChI=1S/C19H14N2O6/c1-26-13-8-4-12(5-9-13)18(24)27-14-6-2-11(3-7-14)10-15-16(22)20-19(25)21-17(15)23/h2-10H,1H3,(H2,20,21,22,23,25). The van der Waals surface area contributed by atoms with Gasteiger partial charge in [-0.05, 0) is 48.0 Å². The molecule has 0 bridgehead atoms. The number of esters is 1. The molecule has 0 unspecified atom stereocenters. The quantitative estimate of drug-likeness (QED) is 0.369. The summed E-state index contributed by atoms with van der Waals surface area (Å²) in [4.78, 5) is 46.5. The van der Waals surface area contributed by atoms with E-state index in [-0.39, 0.29) is 5.57 Å². The van der Waals surface area contributed by atoms with Crippen molar-refractivity contribution in [3.05, 3.63) is 65.2 Å². The Hall–Kier alpha value is -3.94. The summed E-state index contributed by atoms with van der Waals surface area (Å²) in [5.74, 6) is -1.17. The fourth-order valence-corrected chi connectivity index (χ4v) is 2.30. The molecule has 0 aromatic heterocycles. The number of rotatable bonds is 4. The van der Waals surface area contributed by atoms with Crippen LogP contribution in [-0.2, 0) is 9.59 Å². The smallest absolute Gasteiger partial charge is 0.343 e. The Kier molecular flexibility index (Phi) is 4.98. The monoisotopic (exact) mass is 366 g/mol. The number of ether oxygens (including phenoxy) is 2. The Bertz CT molecular complexity index is 923. The zero-order chi connectivity index (χ0) is 19.4. The molecule has 4 amide bonds. The summed E-state index contributed by atoms with van der Waals surface area (Å²) >= 11 is 0. The van der Waals surface area contributed by atoms with Gasteiger partial charge in [0.1, 0.15) is 17.1 Å². The van der Waals surface area contributed by atoms with Crippen molar-refractivity contribution in [1.82, 2.24) is 10.6 Å². The first-order valence-electron chi connectivity index (χ1n) is 7.81. The normalized spacial score (nSPS) is 13.5. The molecule has 136 valence electrons. The number of carbonyl (C=O) groups is 4. The second kappa shape index (κ2) is 7.52. The molecule has 0 atom stereocenters. The average Bonchev–Trinajstić information content (AvgIpc) is 2.66. The maximum Gasteiger partial charge on any atom is 0.343 e. The number of imide groups is 2. The Balaban J connectivity index is 1.70. The third kappa shape index (κ3) is 4.18. The van der Waals surface area contributed by atoms with E-state index < -0.39 is 23.8 Å². The molecule has 0 aliphatic carbocycles. The van der Waals surface area contributed by atoms with E-state index in [9.17, 15) is 19.2 Å². The summed E-state index contributed by atoms with van der Waals surface area (Å²) in [5.41, 5.74) is 0.689. The van der Waals surface area contributed by atoms with Crippen LogP contribution in [0.25, 0.3) is 6.08 Å². The van der Waals surface area contributed by atoms with Gasteiger partial charge in [0, 0.05) is 0 Å². The second-order valence-electron chi connectivity index (χ2n) is 5.48. The Morgan fingerprint density at radius 2 is 1.41 bits per heavy atom. The van der Waals surface area contributed by atoms with E-state index in [0.29, 0.717) is 22.6 Å². The van der Waals surface area contributed by atoms with Crippen LogP contribution in [-0.4, -0.2) is 30.9 Å². The number of carbonyl (C=O) groups excluding carboxylic acids is 4. The van der Waals surface area contributed by atoms with E-state index in [1.807, 2.05) is 10.6 Å². The average molecular weight is 366 g/mol. The summed E-state index contributed by atoms with van der Waals surface area (Å²) in [6, 6.07) is 11.8. The number of amides is 4. The molecule has 8 heteroatoms. The van der Waals surface area contributed by atoms with Crippen LogP contribution < -0.4 is 20.1 Å². The molecule has 0 saturated carbocycles. The molecule has 2 N–H and O–H groups in total. The van der Waals surface area contributed by atoms with E-state index in [2.05, 4.69) is 0 Å². The minimum Gasteiger partial charge on any atom is -0.497 e. The second-order valence-corrected chi connectivity index (χ2v) is 5.48. The first kappa shape index (κ1) is 17.9. The summed E-state index contributed by atoms with van der Waals surface area (Å²) in [7, 11) is 1.53. The molecule has 8 nitrogen and oxygen atoms in total. The van der Waals surface area contributed by atoms with Gasteiger partial charge in [-0.2, -0.15) is 0 Å². The van der Waals surface area contributed by atoms with Gasteiger partial charge in [-0.1, -0.05) is 12.1 Å². The lowest BCUT2D eigenvalue weighted by atomic mass is 10.1. The number of urea groups is 1. The number of hydrogen-bond acceptors (Lipinski definition) is 6. The number of nitrogens with one attached hydrogen (secondary N) is 2. The minimum atomic E-state index is -0.858. The van der Waals surface area contributed by atoms with E-state index in [0.717, 1.165) is 0 Å². The lowest BCUT2D eigenvalue weighted by Gasteiger charge is -2.13. The molecule has 2 aromatic carbocycles. The highest BCUT2D eigenvalue weighted by Crippen LogP contribution is 2.18. The highest BCUT2D eigenvalue weighted by atomic mass is 16.5. The SMILES string of the molecule is COc1ccc(C(=O)Oc2ccc(C=C3C(=O)NC(=O)NC3=O)cc2)cc1. The van der Waals surface area contributed by atoms with Crippen LogP contribution >= 0.6 is 0 Å². The van der Waals surface area contributed by atoms with Gasteiger partial charge in [-0.25, -0.2) is 9.59 Å². The molecule has 1 aliphatic rings. The van der Waals surface area contributed by atoms with E-state index in [1.165, 1.54) is 25.3 Å². The summed E-state index contributed by atoms with van der Waals surface area (Å²) < 4.78 is 10.3. The largest absolute Gasteiger partial charge is 0.497 e. The van der Waals surface area contributed by atoms with Gasteiger partial charge in [-0.15, -0.1) is 0 Å². The van der Waals surface area contributed by atoms with Gasteiger partial charge in [0.25, 0.3) is 11.8 Å². The summed E-state index contributed by atoms with van der Waals surface area (Å²) in [6.45, 7) is 0. The van der Waals surface area contributed by atoms with Gasteiger partial charge in [0.2, 0.25) is 0 Å². The first-order chi connectivity index (χ1) is 13.0. The van der Waals surface area contributed by atoms with Crippen LogP contribution in [0.15, 0.2) is 54.1 Å². The van der Waals surface area contributed by atoms with Crippen molar-refractivity contribution >= 4 is 29.9 Å².